The molecule has 84 valence electrons. The van der Waals surface area contributed by atoms with Crippen LogP contribution >= 0.6 is 0 Å². The van der Waals surface area contributed by atoms with Crippen molar-refractivity contribution in [2.75, 3.05) is 6.54 Å². The minimum atomic E-state index is -0.971. The fourth-order valence-corrected chi connectivity index (χ4v) is 1.96. The number of carboxylic acid groups (broad SMARTS) is 1. The lowest BCUT2D eigenvalue weighted by atomic mass is 9.78. The topological polar surface area (TPSA) is 84.2 Å². The van der Waals surface area contributed by atoms with E-state index < -0.39 is 26.1 Å². The summed E-state index contributed by atoms with van der Waals surface area (Å²) in [6.07, 6.45) is 1.19. The second-order valence-electron chi connectivity index (χ2n) is 3.80. The van der Waals surface area contributed by atoms with Crippen LogP contribution in [0.2, 0.25) is 13.6 Å². The third-order valence-corrected chi connectivity index (χ3v) is 2.58. The van der Waals surface area contributed by atoms with Crippen LogP contribution in [0.1, 0.15) is 12.8 Å². The average molecular weight is 214 g/mol. The van der Waals surface area contributed by atoms with Crippen LogP contribution in [-0.4, -0.2) is 57.7 Å². The smallest absolute Gasteiger partial charge is 0.390 e. The van der Waals surface area contributed by atoms with Gasteiger partial charge in [0.15, 0.2) is 0 Å². The minimum Gasteiger partial charge on any atom is -0.480 e. The van der Waals surface area contributed by atoms with Crippen molar-refractivity contribution in [1.29, 1.82) is 0 Å². The lowest BCUT2D eigenvalue weighted by Crippen LogP contribution is -2.64. The van der Waals surface area contributed by atoms with E-state index in [0.717, 1.165) is 0 Å². The van der Waals surface area contributed by atoms with Crippen LogP contribution in [0, 0.1) is 0 Å². The Balaban J connectivity index is 2.85. The summed E-state index contributed by atoms with van der Waals surface area (Å²) in [4.78, 5) is 13.8. The number of hydrazine groups is 1. The third kappa shape index (κ3) is 2.72. The van der Waals surface area contributed by atoms with Gasteiger partial charge in [-0.05, 0) is 26.5 Å². The highest BCUT2D eigenvalue weighted by molar-refractivity contribution is 6.50. The van der Waals surface area contributed by atoms with Crippen molar-refractivity contribution >= 4 is 20.1 Å². The molecule has 1 aliphatic heterocycles. The Bertz CT molecular complexity index is 239. The van der Waals surface area contributed by atoms with Gasteiger partial charge in [0.05, 0.1) is 0 Å². The molecule has 1 fully saturated rings. The van der Waals surface area contributed by atoms with Crippen molar-refractivity contribution in [3.05, 3.63) is 0 Å². The molecule has 0 aliphatic carbocycles. The maximum atomic E-state index is 11.0. The normalized spacial score (nSPS) is 23.9. The van der Waals surface area contributed by atoms with E-state index in [1.807, 2.05) is 0 Å². The number of aliphatic carboxylic acids is 1. The zero-order valence-corrected chi connectivity index (χ0v) is 9.00. The van der Waals surface area contributed by atoms with Gasteiger partial charge in [0, 0.05) is 6.54 Å². The van der Waals surface area contributed by atoms with Crippen molar-refractivity contribution in [2.24, 2.45) is 0 Å². The van der Waals surface area contributed by atoms with Crippen LogP contribution in [0.15, 0.2) is 0 Å². The Kier molecular flexibility index (Phi) is 4.15. The summed E-state index contributed by atoms with van der Waals surface area (Å²) in [6, 6.07) is -0.756. The first-order valence-corrected chi connectivity index (χ1v) is 5.09. The first-order valence-electron chi connectivity index (χ1n) is 5.09. The molecule has 0 radical (unpaired) electrons. The third-order valence-electron chi connectivity index (χ3n) is 2.58. The molecular formula is C7H16B2N2O4. The Hall–Kier alpha value is -0.560. The van der Waals surface area contributed by atoms with E-state index in [1.54, 1.807) is 6.82 Å². The summed E-state index contributed by atoms with van der Waals surface area (Å²) in [5, 5.41) is 28.0. The molecule has 1 atom stereocenters. The number of carbonyl (C=O) groups is 1. The molecule has 8 heteroatoms. The molecule has 0 aromatic heterocycles. The number of hydrogen-bond donors (Lipinski definition) is 3. The summed E-state index contributed by atoms with van der Waals surface area (Å²) in [5.74, 6) is -0.971. The SMILES string of the molecule is CB(O)N1CCC[C@@H](C(=O)O)N1B(C)O. The van der Waals surface area contributed by atoms with E-state index in [1.165, 1.54) is 16.7 Å². The molecule has 0 aromatic rings. The fraction of sp³-hybridized carbons (Fsp3) is 0.857. The molecule has 1 saturated heterocycles. The zero-order chi connectivity index (χ0) is 11.6. The molecule has 0 unspecified atom stereocenters. The molecular weight excluding hydrogens is 198 g/mol. The van der Waals surface area contributed by atoms with E-state index in [4.69, 9.17) is 5.11 Å². The van der Waals surface area contributed by atoms with E-state index in [2.05, 4.69) is 0 Å². The van der Waals surface area contributed by atoms with E-state index in [-0.39, 0.29) is 0 Å². The van der Waals surface area contributed by atoms with Crippen molar-refractivity contribution in [3.63, 3.8) is 0 Å². The highest BCUT2D eigenvalue weighted by atomic mass is 16.4. The van der Waals surface area contributed by atoms with Gasteiger partial charge in [0.25, 0.3) is 0 Å². The molecule has 6 nitrogen and oxygen atoms in total. The first-order chi connectivity index (χ1) is 6.95. The Labute approximate surface area is 89.7 Å². The number of carboxylic acids is 1. The summed E-state index contributed by atoms with van der Waals surface area (Å²) >= 11 is 0. The Morgan fingerprint density at radius 3 is 2.33 bits per heavy atom. The van der Waals surface area contributed by atoms with Crippen molar-refractivity contribution < 1.29 is 19.9 Å². The van der Waals surface area contributed by atoms with E-state index in [0.29, 0.717) is 19.4 Å². The van der Waals surface area contributed by atoms with E-state index in [9.17, 15) is 14.8 Å². The van der Waals surface area contributed by atoms with Crippen molar-refractivity contribution in [3.8, 4) is 0 Å². The van der Waals surface area contributed by atoms with Gasteiger partial charge in [0.1, 0.15) is 6.04 Å². The minimum absolute atomic E-state index is 0.490. The second-order valence-corrected chi connectivity index (χ2v) is 3.80. The number of rotatable bonds is 3. The van der Waals surface area contributed by atoms with Crippen LogP contribution in [0.4, 0.5) is 0 Å². The highest BCUT2D eigenvalue weighted by Gasteiger charge is 2.40. The molecule has 0 bridgehead atoms. The van der Waals surface area contributed by atoms with Crippen molar-refractivity contribution in [1.82, 2.24) is 9.84 Å². The predicted molar refractivity (Wildman–Crippen MR) is 56.9 cm³/mol. The summed E-state index contributed by atoms with van der Waals surface area (Å²) in [7, 11) is -1.71. The molecule has 0 spiro atoms. The highest BCUT2D eigenvalue weighted by Crippen LogP contribution is 2.19. The lowest BCUT2D eigenvalue weighted by Gasteiger charge is -2.44. The maximum Gasteiger partial charge on any atom is 0.390 e. The molecule has 1 aliphatic rings. The second kappa shape index (κ2) is 4.98. The number of hydrogen-bond acceptors (Lipinski definition) is 5. The molecule has 0 amide bonds. The molecule has 0 aromatic carbocycles. The van der Waals surface area contributed by atoms with Gasteiger partial charge in [-0.15, -0.1) is 0 Å². The predicted octanol–water partition coefficient (Wildman–Crippen LogP) is -1.03. The molecule has 1 heterocycles. The standard InChI is InChI=1S/C7H16B2N2O4/c1-8(14)10-5-3-4-6(7(12)13)11(10)9(2)15/h6,14-15H,3-5H2,1-2H3,(H,12,13)/t6-/m0/s1. The first kappa shape index (κ1) is 12.5. The van der Waals surface area contributed by atoms with E-state index >= 15 is 0 Å². The average Bonchev–Trinajstić information content (AvgIpc) is 2.16. The Morgan fingerprint density at radius 1 is 1.33 bits per heavy atom. The van der Waals surface area contributed by atoms with Crippen molar-refractivity contribution in [2.45, 2.75) is 32.5 Å². The zero-order valence-electron chi connectivity index (χ0n) is 9.00. The van der Waals surface area contributed by atoms with Crippen LogP contribution in [-0.2, 0) is 4.79 Å². The number of nitrogens with zero attached hydrogens (tertiary/aromatic N) is 2. The van der Waals surface area contributed by atoms with Gasteiger partial charge in [-0.2, -0.15) is 0 Å². The molecule has 0 saturated carbocycles. The summed E-state index contributed by atoms with van der Waals surface area (Å²) < 4.78 is 0. The van der Waals surface area contributed by atoms with Gasteiger partial charge in [-0.1, -0.05) is 0 Å². The van der Waals surface area contributed by atoms with Gasteiger partial charge >= 0.3 is 20.1 Å². The van der Waals surface area contributed by atoms with Gasteiger partial charge in [0.2, 0.25) is 0 Å². The van der Waals surface area contributed by atoms with Gasteiger partial charge < -0.3 is 15.2 Å². The van der Waals surface area contributed by atoms with Crippen LogP contribution in [0.3, 0.4) is 0 Å². The monoisotopic (exact) mass is 214 g/mol. The quantitative estimate of drug-likeness (QED) is 0.521. The molecule has 1 rings (SSSR count). The van der Waals surface area contributed by atoms with Crippen LogP contribution in [0.5, 0.6) is 0 Å². The summed E-state index contributed by atoms with van der Waals surface area (Å²) in [6.45, 7) is 3.61. The Morgan fingerprint density at radius 2 is 1.93 bits per heavy atom. The fourth-order valence-electron chi connectivity index (χ4n) is 1.96. The van der Waals surface area contributed by atoms with Crippen LogP contribution in [0.25, 0.3) is 0 Å². The van der Waals surface area contributed by atoms with Gasteiger partial charge in [-0.25, -0.2) is 4.92 Å². The lowest BCUT2D eigenvalue weighted by molar-refractivity contribution is -0.147. The largest absolute Gasteiger partial charge is 0.480 e. The van der Waals surface area contributed by atoms with Crippen LogP contribution < -0.4 is 0 Å². The molecule has 15 heavy (non-hydrogen) atoms. The molecule has 3 N–H and O–H groups in total. The van der Waals surface area contributed by atoms with Gasteiger partial charge in [-0.3, -0.25) is 9.71 Å². The maximum absolute atomic E-state index is 11.0. The summed E-state index contributed by atoms with van der Waals surface area (Å²) in [5.41, 5.74) is 0.